The van der Waals surface area contributed by atoms with E-state index in [1.54, 1.807) is 12.4 Å². The van der Waals surface area contributed by atoms with Crippen LogP contribution in [0.4, 0.5) is 0 Å². The number of nitrogens with zero attached hydrogens (tertiary/aromatic N) is 1. The van der Waals surface area contributed by atoms with E-state index >= 15 is 0 Å². The van der Waals surface area contributed by atoms with Crippen molar-refractivity contribution in [3.63, 3.8) is 0 Å². The molecular weight excluding hydrogens is 154 g/mol. The standard InChI is InChI=1S/C9H7NO2/c1-2-8(6-10-3-1)9-7-11-4-5-12-9/h1-7H. The highest BCUT2D eigenvalue weighted by Crippen LogP contribution is 2.17. The number of hydrogen-bond donors (Lipinski definition) is 0. The van der Waals surface area contributed by atoms with Crippen LogP contribution in [0.1, 0.15) is 5.56 Å². The summed E-state index contributed by atoms with van der Waals surface area (Å²) in [6.45, 7) is 0. The molecule has 0 bridgehead atoms. The van der Waals surface area contributed by atoms with Gasteiger partial charge in [-0.15, -0.1) is 0 Å². The second-order valence-corrected chi connectivity index (χ2v) is 2.25. The van der Waals surface area contributed by atoms with E-state index in [1.165, 1.54) is 18.8 Å². The van der Waals surface area contributed by atoms with Crippen LogP contribution in [0.5, 0.6) is 0 Å². The molecule has 2 rings (SSSR count). The molecule has 1 aliphatic heterocycles. The van der Waals surface area contributed by atoms with E-state index in [2.05, 4.69) is 4.98 Å². The summed E-state index contributed by atoms with van der Waals surface area (Å²) in [5.74, 6) is 0.672. The van der Waals surface area contributed by atoms with Crippen molar-refractivity contribution < 1.29 is 9.47 Å². The lowest BCUT2D eigenvalue weighted by molar-refractivity contribution is 0.312. The first-order chi connectivity index (χ1) is 5.97. The lowest BCUT2D eigenvalue weighted by atomic mass is 10.2. The van der Waals surface area contributed by atoms with Gasteiger partial charge in [0.15, 0.2) is 5.76 Å². The summed E-state index contributed by atoms with van der Waals surface area (Å²) in [4.78, 5) is 3.96. The predicted octanol–water partition coefficient (Wildman–Crippen LogP) is 1.90. The van der Waals surface area contributed by atoms with Crippen molar-refractivity contribution >= 4 is 5.76 Å². The highest BCUT2D eigenvalue weighted by Gasteiger charge is 2.03. The molecule has 0 saturated carbocycles. The van der Waals surface area contributed by atoms with Crippen LogP contribution in [0.2, 0.25) is 0 Å². The van der Waals surface area contributed by atoms with Crippen LogP contribution >= 0.6 is 0 Å². The molecule has 3 heteroatoms. The second-order valence-electron chi connectivity index (χ2n) is 2.25. The second kappa shape index (κ2) is 3.09. The molecule has 0 spiro atoms. The van der Waals surface area contributed by atoms with Gasteiger partial charge in [0.2, 0.25) is 0 Å². The van der Waals surface area contributed by atoms with Crippen molar-refractivity contribution in [1.82, 2.24) is 4.98 Å². The first kappa shape index (κ1) is 6.91. The molecule has 0 radical (unpaired) electrons. The zero-order valence-corrected chi connectivity index (χ0v) is 6.31. The van der Waals surface area contributed by atoms with E-state index in [0.717, 1.165) is 5.56 Å². The highest BCUT2D eigenvalue weighted by atomic mass is 16.5. The number of hydrogen-bond acceptors (Lipinski definition) is 3. The summed E-state index contributed by atoms with van der Waals surface area (Å²) in [6.07, 6.45) is 7.93. The zero-order valence-electron chi connectivity index (χ0n) is 6.31. The summed E-state index contributed by atoms with van der Waals surface area (Å²) in [7, 11) is 0. The molecular formula is C9H7NO2. The summed E-state index contributed by atoms with van der Waals surface area (Å²) in [6, 6.07) is 3.75. The number of aromatic nitrogens is 1. The zero-order chi connectivity index (χ0) is 8.23. The minimum absolute atomic E-state index is 0.672. The molecule has 1 aromatic rings. The van der Waals surface area contributed by atoms with Crippen LogP contribution in [0.25, 0.3) is 5.76 Å². The SMILES string of the molecule is C1=COC(c2cccnc2)=CO1. The van der Waals surface area contributed by atoms with Gasteiger partial charge in [-0.25, -0.2) is 0 Å². The molecule has 0 amide bonds. The monoisotopic (exact) mass is 161 g/mol. The molecule has 2 heterocycles. The first-order valence-electron chi connectivity index (χ1n) is 3.54. The molecule has 0 aromatic carbocycles. The Labute approximate surface area is 70.0 Å². The van der Waals surface area contributed by atoms with Crippen LogP contribution in [0.3, 0.4) is 0 Å². The van der Waals surface area contributed by atoms with Gasteiger partial charge in [-0.1, -0.05) is 0 Å². The quantitative estimate of drug-likeness (QED) is 0.630. The maximum Gasteiger partial charge on any atom is 0.170 e. The molecule has 0 saturated heterocycles. The summed E-state index contributed by atoms with van der Waals surface area (Å²) in [5, 5.41) is 0. The van der Waals surface area contributed by atoms with Gasteiger partial charge in [-0.3, -0.25) is 4.98 Å². The minimum Gasteiger partial charge on any atom is -0.465 e. The van der Waals surface area contributed by atoms with Gasteiger partial charge < -0.3 is 9.47 Å². The largest absolute Gasteiger partial charge is 0.465 e. The van der Waals surface area contributed by atoms with E-state index in [-0.39, 0.29) is 0 Å². The Kier molecular flexibility index (Phi) is 1.78. The third-order valence-corrected chi connectivity index (χ3v) is 1.45. The topological polar surface area (TPSA) is 31.4 Å². The summed E-state index contributed by atoms with van der Waals surface area (Å²) in [5.41, 5.74) is 0.904. The van der Waals surface area contributed by atoms with E-state index < -0.39 is 0 Å². The maximum atomic E-state index is 5.18. The Bertz CT molecular complexity index is 317. The van der Waals surface area contributed by atoms with Crippen molar-refractivity contribution in [2.45, 2.75) is 0 Å². The normalized spacial score (nSPS) is 14.5. The van der Waals surface area contributed by atoms with E-state index in [0.29, 0.717) is 5.76 Å². The van der Waals surface area contributed by atoms with Crippen LogP contribution < -0.4 is 0 Å². The Morgan fingerprint density at radius 1 is 1.25 bits per heavy atom. The summed E-state index contributed by atoms with van der Waals surface area (Å²) < 4.78 is 10.1. The lowest BCUT2D eigenvalue weighted by Gasteiger charge is -2.08. The van der Waals surface area contributed by atoms with Gasteiger partial charge in [0.05, 0.1) is 0 Å². The smallest absolute Gasteiger partial charge is 0.170 e. The molecule has 12 heavy (non-hydrogen) atoms. The van der Waals surface area contributed by atoms with Crippen LogP contribution in [0.15, 0.2) is 43.3 Å². The number of pyridine rings is 1. The Morgan fingerprint density at radius 3 is 2.92 bits per heavy atom. The molecule has 1 aromatic heterocycles. The third kappa shape index (κ3) is 1.29. The molecule has 1 aliphatic rings. The van der Waals surface area contributed by atoms with Crippen molar-refractivity contribution in [2.24, 2.45) is 0 Å². The fourth-order valence-electron chi connectivity index (χ4n) is 0.907. The molecule has 0 unspecified atom stereocenters. The van der Waals surface area contributed by atoms with Crippen LogP contribution in [-0.4, -0.2) is 4.98 Å². The molecule has 0 fully saturated rings. The first-order valence-corrected chi connectivity index (χ1v) is 3.54. The average Bonchev–Trinajstić information content (AvgIpc) is 2.21. The van der Waals surface area contributed by atoms with Gasteiger partial charge in [-0.05, 0) is 12.1 Å². The van der Waals surface area contributed by atoms with Crippen LogP contribution in [-0.2, 0) is 9.47 Å². The molecule has 0 N–H and O–H groups in total. The number of ether oxygens (including phenoxy) is 2. The highest BCUT2D eigenvalue weighted by molar-refractivity contribution is 5.58. The van der Waals surface area contributed by atoms with Gasteiger partial charge >= 0.3 is 0 Å². The van der Waals surface area contributed by atoms with Crippen molar-refractivity contribution in [3.05, 3.63) is 48.9 Å². The molecule has 0 atom stereocenters. The van der Waals surface area contributed by atoms with E-state index in [9.17, 15) is 0 Å². The summed E-state index contributed by atoms with van der Waals surface area (Å²) >= 11 is 0. The third-order valence-electron chi connectivity index (χ3n) is 1.45. The van der Waals surface area contributed by atoms with E-state index in [4.69, 9.17) is 9.47 Å². The fourth-order valence-corrected chi connectivity index (χ4v) is 0.907. The average molecular weight is 161 g/mol. The minimum atomic E-state index is 0.672. The van der Waals surface area contributed by atoms with Crippen molar-refractivity contribution in [3.8, 4) is 0 Å². The van der Waals surface area contributed by atoms with Gasteiger partial charge in [0.1, 0.15) is 18.8 Å². The van der Waals surface area contributed by atoms with Gasteiger partial charge in [0.25, 0.3) is 0 Å². The molecule has 60 valence electrons. The Morgan fingerprint density at radius 2 is 2.25 bits per heavy atom. The van der Waals surface area contributed by atoms with E-state index in [1.807, 2.05) is 12.1 Å². The van der Waals surface area contributed by atoms with Gasteiger partial charge in [-0.2, -0.15) is 0 Å². The Hall–Kier alpha value is -1.77. The molecule has 0 aliphatic carbocycles. The van der Waals surface area contributed by atoms with Crippen LogP contribution in [0, 0.1) is 0 Å². The number of rotatable bonds is 1. The van der Waals surface area contributed by atoms with Crippen molar-refractivity contribution in [2.75, 3.05) is 0 Å². The fraction of sp³-hybridized carbons (Fsp3) is 0. The molecule has 3 nitrogen and oxygen atoms in total. The predicted molar refractivity (Wildman–Crippen MR) is 43.5 cm³/mol. The maximum absolute atomic E-state index is 5.18. The van der Waals surface area contributed by atoms with Crippen molar-refractivity contribution in [1.29, 1.82) is 0 Å². The lowest BCUT2D eigenvalue weighted by Crippen LogP contribution is -1.91. The van der Waals surface area contributed by atoms with Gasteiger partial charge in [0, 0.05) is 18.0 Å². The Balaban J connectivity index is 2.26.